The largest absolute Gasteiger partial charge is 0.335 e. The topological polar surface area (TPSA) is 40.6 Å². The van der Waals surface area contributed by atoms with Crippen LogP contribution in [0.3, 0.4) is 0 Å². The van der Waals surface area contributed by atoms with Gasteiger partial charge in [-0.05, 0) is 12.1 Å². The van der Waals surface area contributed by atoms with Gasteiger partial charge in [-0.25, -0.2) is 0 Å². The van der Waals surface area contributed by atoms with E-state index in [1.807, 2.05) is 6.07 Å². The SMILES string of the molecule is O=C(c1ccccc1)N1CCN(C(=O)C(F)F)CC1. The van der Waals surface area contributed by atoms with Crippen LogP contribution >= 0.6 is 0 Å². The molecule has 0 atom stereocenters. The maximum atomic E-state index is 12.3. The highest BCUT2D eigenvalue weighted by Crippen LogP contribution is 2.10. The van der Waals surface area contributed by atoms with E-state index < -0.39 is 12.3 Å². The number of nitrogens with zero attached hydrogens (tertiary/aromatic N) is 2. The quantitative estimate of drug-likeness (QED) is 0.809. The summed E-state index contributed by atoms with van der Waals surface area (Å²) in [4.78, 5) is 25.9. The molecule has 0 radical (unpaired) electrons. The summed E-state index contributed by atoms with van der Waals surface area (Å²) in [5.41, 5.74) is 0.566. The summed E-state index contributed by atoms with van der Waals surface area (Å²) in [7, 11) is 0. The van der Waals surface area contributed by atoms with Crippen molar-refractivity contribution in [3.63, 3.8) is 0 Å². The van der Waals surface area contributed by atoms with Crippen molar-refractivity contribution in [3.05, 3.63) is 35.9 Å². The van der Waals surface area contributed by atoms with Gasteiger partial charge in [0.25, 0.3) is 11.8 Å². The van der Waals surface area contributed by atoms with E-state index >= 15 is 0 Å². The highest BCUT2D eigenvalue weighted by atomic mass is 19.3. The van der Waals surface area contributed by atoms with E-state index in [4.69, 9.17) is 0 Å². The number of carbonyl (C=O) groups excluding carboxylic acids is 2. The number of benzene rings is 1. The van der Waals surface area contributed by atoms with Gasteiger partial charge in [0.2, 0.25) is 0 Å². The third-order valence-electron chi connectivity index (χ3n) is 3.09. The van der Waals surface area contributed by atoms with Gasteiger partial charge in [-0.15, -0.1) is 0 Å². The van der Waals surface area contributed by atoms with Gasteiger partial charge in [-0.1, -0.05) is 18.2 Å². The molecule has 0 aromatic heterocycles. The first-order valence-corrected chi connectivity index (χ1v) is 6.01. The first-order valence-electron chi connectivity index (χ1n) is 6.01. The van der Waals surface area contributed by atoms with E-state index in [0.717, 1.165) is 4.90 Å². The van der Waals surface area contributed by atoms with Crippen molar-refractivity contribution in [3.8, 4) is 0 Å². The van der Waals surface area contributed by atoms with Crippen molar-refractivity contribution in [1.29, 1.82) is 0 Å². The van der Waals surface area contributed by atoms with Crippen LogP contribution in [0, 0.1) is 0 Å². The molecule has 1 saturated heterocycles. The fraction of sp³-hybridized carbons (Fsp3) is 0.385. The minimum atomic E-state index is -2.98. The molecule has 4 nitrogen and oxygen atoms in total. The molecule has 102 valence electrons. The Bertz CT molecular complexity index is 457. The molecule has 1 aromatic rings. The summed E-state index contributed by atoms with van der Waals surface area (Å²) < 4.78 is 24.5. The molecule has 1 heterocycles. The molecular weight excluding hydrogens is 254 g/mol. The third kappa shape index (κ3) is 3.07. The van der Waals surface area contributed by atoms with Gasteiger partial charge < -0.3 is 9.80 Å². The van der Waals surface area contributed by atoms with E-state index in [-0.39, 0.29) is 32.1 Å². The Morgan fingerprint density at radius 3 is 2.00 bits per heavy atom. The lowest BCUT2D eigenvalue weighted by Gasteiger charge is -2.34. The monoisotopic (exact) mass is 268 g/mol. The summed E-state index contributed by atoms with van der Waals surface area (Å²) >= 11 is 0. The highest BCUT2D eigenvalue weighted by molar-refractivity contribution is 5.94. The normalized spacial score (nSPS) is 15.7. The van der Waals surface area contributed by atoms with Crippen LogP contribution in [-0.2, 0) is 4.79 Å². The van der Waals surface area contributed by atoms with Gasteiger partial charge in [0.15, 0.2) is 0 Å². The van der Waals surface area contributed by atoms with Gasteiger partial charge in [-0.3, -0.25) is 9.59 Å². The predicted octanol–water partition coefficient (Wildman–Crippen LogP) is 1.24. The fourth-order valence-corrected chi connectivity index (χ4v) is 2.03. The molecule has 1 aromatic carbocycles. The summed E-state index contributed by atoms with van der Waals surface area (Å²) in [5.74, 6) is -1.29. The number of amides is 2. The highest BCUT2D eigenvalue weighted by Gasteiger charge is 2.28. The average Bonchev–Trinajstić information content (AvgIpc) is 2.46. The molecule has 0 N–H and O–H groups in total. The van der Waals surface area contributed by atoms with E-state index in [2.05, 4.69) is 0 Å². The van der Waals surface area contributed by atoms with E-state index in [1.54, 1.807) is 29.2 Å². The van der Waals surface area contributed by atoms with Crippen molar-refractivity contribution >= 4 is 11.8 Å². The van der Waals surface area contributed by atoms with Gasteiger partial charge in [-0.2, -0.15) is 8.78 Å². The molecule has 0 saturated carbocycles. The molecule has 0 unspecified atom stereocenters. The minimum absolute atomic E-state index is 0.134. The van der Waals surface area contributed by atoms with Crippen LogP contribution in [0.5, 0.6) is 0 Å². The number of hydrogen-bond acceptors (Lipinski definition) is 2. The molecule has 0 bridgehead atoms. The number of alkyl halides is 2. The maximum Gasteiger partial charge on any atom is 0.315 e. The minimum Gasteiger partial charge on any atom is -0.335 e. The average molecular weight is 268 g/mol. The van der Waals surface area contributed by atoms with Crippen molar-refractivity contribution in [1.82, 2.24) is 9.80 Å². The molecule has 0 spiro atoms. The molecule has 1 aliphatic rings. The summed E-state index contributed by atoms with van der Waals surface area (Å²) in [6.45, 7) is 0.877. The van der Waals surface area contributed by atoms with Gasteiger partial charge >= 0.3 is 6.43 Å². The first-order chi connectivity index (χ1) is 9.09. The van der Waals surface area contributed by atoms with Crippen LogP contribution in [0.4, 0.5) is 8.78 Å². The second-order valence-corrected chi connectivity index (χ2v) is 4.28. The molecule has 1 aliphatic heterocycles. The summed E-state index contributed by atoms with van der Waals surface area (Å²) in [6, 6.07) is 8.77. The lowest BCUT2D eigenvalue weighted by Crippen LogP contribution is -2.51. The Morgan fingerprint density at radius 1 is 0.947 bits per heavy atom. The number of carbonyl (C=O) groups is 2. The Morgan fingerprint density at radius 2 is 1.47 bits per heavy atom. The third-order valence-corrected chi connectivity index (χ3v) is 3.09. The standard InChI is InChI=1S/C13H14F2N2O2/c14-11(15)13(19)17-8-6-16(7-9-17)12(18)10-4-2-1-3-5-10/h1-5,11H,6-9H2. The molecule has 2 amide bonds. The zero-order chi connectivity index (χ0) is 13.8. The van der Waals surface area contributed by atoms with Crippen molar-refractivity contribution in [2.75, 3.05) is 26.2 Å². The Hall–Kier alpha value is -1.98. The Kier molecular flexibility index (Phi) is 4.09. The smallest absolute Gasteiger partial charge is 0.315 e. The van der Waals surface area contributed by atoms with Crippen LogP contribution in [0.2, 0.25) is 0 Å². The van der Waals surface area contributed by atoms with E-state index in [1.165, 1.54) is 0 Å². The number of halogens is 2. The van der Waals surface area contributed by atoms with Crippen LogP contribution in [-0.4, -0.2) is 54.2 Å². The molecular formula is C13H14F2N2O2. The lowest BCUT2D eigenvalue weighted by atomic mass is 10.2. The van der Waals surface area contributed by atoms with E-state index in [9.17, 15) is 18.4 Å². The number of piperazine rings is 1. The molecule has 1 fully saturated rings. The van der Waals surface area contributed by atoms with Crippen molar-refractivity contribution in [2.24, 2.45) is 0 Å². The van der Waals surface area contributed by atoms with Crippen LogP contribution in [0.15, 0.2) is 30.3 Å². The molecule has 2 rings (SSSR count). The zero-order valence-corrected chi connectivity index (χ0v) is 10.3. The van der Waals surface area contributed by atoms with Gasteiger partial charge in [0.1, 0.15) is 0 Å². The van der Waals surface area contributed by atoms with Gasteiger partial charge in [0.05, 0.1) is 0 Å². The fourth-order valence-electron chi connectivity index (χ4n) is 2.03. The first kappa shape index (κ1) is 13.5. The van der Waals surface area contributed by atoms with Gasteiger partial charge in [0, 0.05) is 31.7 Å². The van der Waals surface area contributed by atoms with E-state index in [0.29, 0.717) is 5.56 Å². The second kappa shape index (κ2) is 5.77. The molecule has 19 heavy (non-hydrogen) atoms. The summed E-state index contributed by atoms with van der Waals surface area (Å²) in [6.07, 6.45) is -2.98. The molecule has 6 heteroatoms. The number of hydrogen-bond donors (Lipinski definition) is 0. The Balaban J connectivity index is 1.94. The van der Waals surface area contributed by atoms with Crippen LogP contribution in [0.1, 0.15) is 10.4 Å². The zero-order valence-electron chi connectivity index (χ0n) is 10.3. The van der Waals surface area contributed by atoms with Crippen LogP contribution < -0.4 is 0 Å². The second-order valence-electron chi connectivity index (χ2n) is 4.28. The van der Waals surface area contributed by atoms with Crippen molar-refractivity contribution in [2.45, 2.75) is 6.43 Å². The number of rotatable bonds is 2. The predicted molar refractivity (Wildman–Crippen MR) is 64.9 cm³/mol. The maximum absolute atomic E-state index is 12.3. The molecule has 0 aliphatic carbocycles. The summed E-state index contributed by atoms with van der Waals surface area (Å²) in [5, 5.41) is 0. The lowest BCUT2D eigenvalue weighted by molar-refractivity contribution is -0.144. The Labute approximate surface area is 109 Å². The van der Waals surface area contributed by atoms with Crippen LogP contribution in [0.25, 0.3) is 0 Å². The van der Waals surface area contributed by atoms with Crippen molar-refractivity contribution < 1.29 is 18.4 Å².